The van der Waals surface area contributed by atoms with Crippen molar-refractivity contribution in [3.05, 3.63) is 64.9 Å². The normalized spacial score (nSPS) is 15.5. The summed E-state index contributed by atoms with van der Waals surface area (Å²) in [5, 5.41) is 10.7. The number of rotatable bonds is 5. The molecule has 4 rings (SSSR count). The van der Waals surface area contributed by atoms with Gasteiger partial charge in [-0.15, -0.1) is 0 Å². The maximum Gasteiger partial charge on any atom is 0.235 e. The van der Waals surface area contributed by atoms with E-state index in [1.165, 1.54) is 0 Å². The molecule has 1 aromatic heterocycles. The molecule has 1 fully saturated rings. The third-order valence-electron chi connectivity index (χ3n) is 5.39. The smallest absolute Gasteiger partial charge is 0.235 e. The van der Waals surface area contributed by atoms with Gasteiger partial charge in [0.2, 0.25) is 5.91 Å². The summed E-state index contributed by atoms with van der Waals surface area (Å²) in [6.45, 7) is 0.312. The summed E-state index contributed by atoms with van der Waals surface area (Å²) in [4.78, 5) is 17.6. The summed E-state index contributed by atoms with van der Waals surface area (Å²) in [5.41, 5.74) is 7.63. The second-order valence-corrected chi connectivity index (χ2v) is 7.58. The molecule has 4 N–H and O–H groups in total. The van der Waals surface area contributed by atoms with Crippen molar-refractivity contribution >= 4 is 23.2 Å². The molecule has 6 nitrogen and oxygen atoms in total. The fourth-order valence-electron chi connectivity index (χ4n) is 3.88. The molecule has 1 amide bonds. The Morgan fingerprint density at radius 2 is 1.93 bits per heavy atom. The van der Waals surface area contributed by atoms with E-state index >= 15 is 0 Å². The third-order valence-corrected chi connectivity index (χ3v) is 5.63. The number of benzene rings is 2. The molecule has 0 saturated heterocycles. The summed E-state index contributed by atoms with van der Waals surface area (Å²) in [6, 6.07) is 15.2. The molecule has 28 heavy (non-hydrogen) atoms. The lowest BCUT2D eigenvalue weighted by atomic mass is 9.78. The average Bonchev–Trinajstić information content (AvgIpc) is 3.39. The number of hydrogen-bond acceptors (Lipinski definition) is 4. The Labute approximate surface area is 168 Å². The zero-order valence-corrected chi connectivity index (χ0v) is 16.2. The summed E-state index contributed by atoms with van der Waals surface area (Å²) < 4.78 is 0. The largest absolute Gasteiger partial charge is 0.325 e. The summed E-state index contributed by atoms with van der Waals surface area (Å²) in [7, 11) is 0. The molecule has 0 atom stereocenters. The monoisotopic (exact) mass is 395 g/mol. The highest BCUT2D eigenvalue weighted by Gasteiger charge is 2.42. The van der Waals surface area contributed by atoms with Crippen molar-refractivity contribution < 1.29 is 4.79 Å². The number of H-pyrrole nitrogens is 1. The van der Waals surface area contributed by atoms with Gasteiger partial charge in [0.05, 0.1) is 12.0 Å². The van der Waals surface area contributed by atoms with E-state index in [1.54, 1.807) is 0 Å². The zero-order valence-electron chi connectivity index (χ0n) is 15.4. The lowest BCUT2D eigenvalue weighted by Gasteiger charge is -2.28. The van der Waals surface area contributed by atoms with Gasteiger partial charge in [-0.05, 0) is 54.8 Å². The number of nitrogens with one attached hydrogen (secondary N) is 2. The highest BCUT2D eigenvalue weighted by Crippen LogP contribution is 2.42. The van der Waals surface area contributed by atoms with Crippen LogP contribution < -0.4 is 11.1 Å². The number of amides is 1. The van der Waals surface area contributed by atoms with Crippen molar-refractivity contribution in [1.82, 2.24) is 15.2 Å². The second kappa shape index (κ2) is 7.73. The van der Waals surface area contributed by atoms with Gasteiger partial charge in [0.25, 0.3) is 0 Å². The predicted molar refractivity (Wildman–Crippen MR) is 110 cm³/mol. The highest BCUT2D eigenvalue weighted by molar-refractivity contribution is 6.30. The molecule has 0 bridgehead atoms. The van der Waals surface area contributed by atoms with Crippen molar-refractivity contribution in [2.45, 2.75) is 37.6 Å². The fraction of sp³-hybridized carbons (Fsp3) is 0.286. The van der Waals surface area contributed by atoms with Crippen LogP contribution in [0.5, 0.6) is 0 Å². The van der Waals surface area contributed by atoms with Crippen molar-refractivity contribution in [3.63, 3.8) is 0 Å². The lowest BCUT2D eigenvalue weighted by Crippen LogP contribution is -2.38. The first-order valence-electron chi connectivity index (χ1n) is 9.40. The standard InChI is InChI=1S/C21H22ClN5O/c22-16-5-3-4-15(12-16)21(10-1-2-11-21)20(28)24-17-8-6-14(7-9-17)19-25-18(13-23)26-27-19/h3-9,12H,1-2,10-11,13,23H2,(H,24,28)(H,25,26,27). The van der Waals surface area contributed by atoms with Gasteiger partial charge in [0.1, 0.15) is 5.82 Å². The van der Waals surface area contributed by atoms with Crippen LogP contribution in [0, 0.1) is 0 Å². The molecule has 1 heterocycles. The quantitative estimate of drug-likeness (QED) is 0.607. The predicted octanol–water partition coefficient (Wildman–Crippen LogP) is 4.03. The van der Waals surface area contributed by atoms with Gasteiger partial charge in [-0.3, -0.25) is 9.89 Å². The number of aromatic amines is 1. The third kappa shape index (κ3) is 3.53. The summed E-state index contributed by atoms with van der Waals surface area (Å²) in [5.74, 6) is 1.24. The minimum Gasteiger partial charge on any atom is -0.325 e. The van der Waals surface area contributed by atoms with Crippen LogP contribution in [0.15, 0.2) is 48.5 Å². The van der Waals surface area contributed by atoms with Gasteiger partial charge in [0, 0.05) is 16.3 Å². The van der Waals surface area contributed by atoms with E-state index in [4.69, 9.17) is 17.3 Å². The minimum atomic E-state index is -0.524. The SMILES string of the molecule is NCc1nc(-c2ccc(NC(=O)C3(c4cccc(Cl)c4)CCCC3)cc2)n[nH]1. The van der Waals surface area contributed by atoms with Crippen molar-refractivity contribution in [2.24, 2.45) is 5.73 Å². The average molecular weight is 396 g/mol. The molecular formula is C21H22ClN5O. The first-order valence-corrected chi connectivity index (χ1v) is 9.78. The molecule has 0 spiro atoms. The van der Waals surface area contributed by atoms with Gasteiger partial charge in [-0.2, -0.15) is 5.10 Å². The van der Waals surface area contributed by atoms with Gasteiger partial charge >= 0.3 is 0 Å². The summed E-state index contributed by atoms with van der Waals surface area (Å²) >= 11 is 6.18. The topological polar surface area (TPSA) is 96.7 Å². The highest BCUT2D eigenvalue weighted by atomic mass is 35.5. The van der Waals surface area contributed by atoms with Crippen LogP contribution >= 0.6 is 11.6 Å². The number of aromatic nitrogens is 3. The van der Waals surface area contributed by atoms with Crippen LogP contribution in [-0.4, -0.2) is 21.1 Å². The molecule has 0 aliphatic heterocycles. The van der Waals surface area contributed by atoms with Crippen molar-refractivity contribution in [3.8, 4) is 11.4 Å². The minimum absolute atomic E-state index is 0.0170. The second-order valence-electron chi connectivity index (χ2n) is 7.14. The molecule has 144 valence electrons. The first kappa shape index (κ1) is 18.7. The van der Waals surface area contributed by atoms with E-state index in [0.29, 0.717) is 23.2 Å². The summed E-state index contributed by atoms with van der Waals surface area (Å²) in [6.07, 6.45) is 3.73. The van der Waals surface area contributed by atoms with Crippen LogP contribution in [0.2, 0.25) is 5.02 Å². The number of carbonyl (C=O) groups excluding carboxylic acids is 1. The molecule has 1 aliphatic rings. The Bertz CT molecular complexity index is 976. The molecule has 7 heteroatoms. The van der Waals surface area contributed by atoms with Crippen molar-refractivity contribution in [2.75, 3.05) is 5.32 Å². The number of anilines is 1. The molecule has 3 aromatic rings. The van der Waals surface area contributed by atoms with Crippen LogP contribution in [-0.2, 0) is 16.8 Å². The Morgan fingerprint density at radius 1 is 1.18 bits per heavy atom. The maximum atomic E-state index is 13.2. The van der Waals surface area contributed by atoms with Crippen LogP contribution in [0.3, 0.4) is 0 Å². The van der Waals surface area contributed by atoms with Gasteiger partial charge in [-0.25, -0.2) is 4.98 Å². The maximum absolute atomic E-state index is 13.2. The number of nitrogens with zero attached hydrogens (tertiary/aromatic N) is 2. The van der Waals surface area contributed by atoms with Crippen LogP contribution in [0.4, 0.5) is 5.69 Å². The van der Waals surface area contributed by atoms with Gasteiger partial charge < -0.3 is 11.1 Å². The Hall–Kier alpha value is -2.70. The molecular weight excluding hydrogens is 374 g/mol. The molecule has 1 aliphatic carbocycles. The molecule has 0 unspecified atom stereocenters. The molecule has 0 radical (unpaired) electrons. The van der Waals surface area contributed by atoms with E-state index in [0.717, 1.165) is 42.5 Å². The Morgan fingerprint density at radius 3 is 2.57 bits per heavy atom. The van der Waals surface area contributed by atoms with E-state index in [1.807, 2.05) is 48.5 Å². The lowest BCUT2D eigenvalue weighted by molar-refractivity contribution is -0.121. The van der Waals surface area contributed by atoms with Crippen LogP contribution in [0.1, 0.15) is 37.1 Å². The number of halogens is 1. The van der Waals surface area contributed by atoms with Crippen molar-refractivity contribution in [1.29, 1.82) is 0 Å². The first-order chi connectivity index (χ1) is 13.6. The number of carbonyl (C=O) groups is 1. The van der Waals surface area contributed by atoms with Gasteiger partial charge in [0.15, 0.2) is 5.82 Å². The Balaban J connectivity index is 1.55. The van der Waals surface area contributed by atoms with E-state index in [2.05, 4.69) is 20.5 Å². The van der Waals surface area contributed by atoms with E-state index in [-0.39, 0.29) is 5.91 Å². The van der Waals surface area contributed by atoms with Gasteiger partial charge in [-0.1, -0.05) is 36.6 Å². The van der Waals surface area contributed by atoms with Crippen LogP contribution in [0.25, 0.3) is 11.4 Å². The molecule has 1 saturated carbocycles. The zero-order chi connectivity index (χ0) is 19.6. The molecule has 2 aromatic carbocycles. The number of nitrogens with two attached hydrogens (primary N) is 1. The fourth-order valence-corrected chi connectivity index (χ4v) is 4.07. The number of hydrogen-bond donors (Lipinski definition) is 3. The van der Waals surface area contributed by atoms with E-state index < -0.39 is 5.41 Å². The Kier molecular flexibility index (Phi) is 5.15. The van der Waals surface area contributed by atoms with E-state index in [9.17, 15) is 4.79 Å².